The summed E-state index contributed by atoms with van der Waals surface area (Å²) >= 11 is 12.3. The van der Waals surface area contributed by atoms with Gasteiger partial charge in [-0.2, -0.15) is 0 Å². The van der Waals surface area contributed by atoms with Crippen LogP contribution in [0.5, 0.6) is 17.2 Å². The molecule has 9 nitrogen and oxygen atoms in total. The number of methoxy groups -OCH3 is 2. The highest BCUT2D eigenvalue weighted by Crippen LogP contribution is 2.35. The number of likely N-dealkylation sites (tertiary alicyclic amines) is 2. The molecule has 4 fully saturated rings. The number of ether oxygens (including phenoxy) is 3. The summed E-state index contributed by atoms with van der Waals surface area (Å²) in [5.41, 5.74) is 1.15. The molecule has 14 heteroatoms. The van der Waals surface area contributed by atoms with Gasteiger partial charge in [0.05, 0.1) is 25.6 Å². The number of rotatable bonds is 15. The average Bonchev–Trinajstić information content (AvgIpc) is 3.24. The van der Waals surface area contributed by atoms with Gasteiger partial charge in [-0.3, -0.25) is 0 Å². The molecule has 0 aromatic heterocycles. The number of hydrogen-bond donors (Lipinski definition) is 2. The topological polar surface area (TPSA) is 64.7 Å². The van der Waals surface area contributed by atoms with Gasteiger partial charge >= 0.3 is 6.36 Å². The van der Waals surface area contributed by atoms with E-state index in [4.69, 9.17) is 33.9 Å². The third kappa shape index (κ3) is 14.0. The number of alkyl halides is 3. The van der Waals surface area contributed by atoms with Gasteiger partial charge in [0, 0.05) is 32.2 Å². The Morgan fingerprint density at radius 1 is 0.610 bits per heavy atom. The molecule has 2 saturated carbocycles. The minimum Gasteiger partial charge on any atom is -0.493 e. The molecule has 0 spiro atoms. The molecule has 0 bridgehead atoms. The van der Waals surface area contributed by atoms with E-state index in [1.54, 1.807) is 42.4 Å². The second-order valence-corrected chi connectivity index (χ2v) is 18.0. The third-order valence-corrected chi connectivity index (χ3v) is 13.7. The van der Waals surface area contributed by atoms with Gasteiger partial charge in [0.15, 0.2) is 21.7 Å². The van der Waals surface area contributed by atoms with Crippen molar-refractivity contribution in [1.82, 2.24) is 20.4 Å². The van der Waals surface area contributed by atoms with Crippen LogP contribution in [0, 0.1) is 23.7 Å². The summed E-state index contributed by atoms with van der Waals surface area (Å²) in [7, 11) is 3.16. The number of thiocarbonyl (C=S) groups is 2. The van der Waals surface area contributed by atoms with Crippen molar-refractivity contribution >= 4 is 46.0 Å². The first-order chi connectivity index (χ1) is 28.6. The predicted molar refractivity (Wildman–Crippen MR) is 240 cm³/mol. The van der Waals surface area contributed by atoms with Crippen LogP contribution in [-0.4, -0.2) is 93.0 Å². The van der Waals surface area contributed by atoms with Crippen LogP contribution in [0.1, 0.15) is 103 Å². The fraction of sp³-hybridized carbons (Fsp3) is 0.689. The van der Waals surface area contributed by atoms with Crippen molar-refractivity contribution in [3.05, 3.63) is 42.5 Å². The lowest BCUT2D eigenvalue weighted by Crippen LogP contribution is -2.57. The molecule has 0 amide bonds. The minimum absolute atomic E-state index is 0.321. The molecule has 2 N–H and O–H groups in total. The summed E-state index contributed by atoms with van der Waals surface area (Å²) < 4.78 is 55.0. The Morgan fingerprint density at radius 3 is 1.49 bits per heavy atom. The Balaban J connectivity index is 1.14. The molecule has 0 unspecified atom stereocenters. The van der Waals surface area contributed by atoms with Gasteiger partial charge in [-0.25, -0.2) is 10.0 Å². The molecule has 2 aromatic rings. The van der Waals surface area contributed by atoms with E-state index in [0.29, 0.717) is 58.0 Å². The summed E-state index contributed by atoms with van der Waals surface area (Å²) in [4.78, 5) is 5.33. The zero-order valence-electron chi connectivity index (χ0n) is 35.3. The number of hydrogen-bond acceptors (Lipinski definition) is 7. The van der Waals surface area contributed by atoms with Gasteiger partial charge < -0.3 is 34.6 Å². The fourth-order valence-electron chi connectivity index (χ4n) is 9.69. The highest BCUT2D eigenvalue weighted by atomic mass is 32.1. The Kier molecular flexibility index (Phi) is 17.5. The molecular weight excluding hydrogens is 794 g/mol. The first-order valence-corrected chi connectivity index (χ1v) is 23.1. The van der Waals surface area contributed by atoms with Crippen molar-refractivity contribution in [2.24, 2.45) is 23.7 Å². The zero-order chi connectivity index (χ0) is 41.6. The van der Waals surface area contributed by atoms with E-state index in [0.717, 1.165) is 63.7 Å². The molecule has 2 aromatic carbocycles. The van der Waals surface area contributed by atoms with E-state index in [1.165, 1.54) is 102 Å². The molecule has 59 heavy (non-hydrogen) atoms. The van der Waals surface area contributed by atoms with Gasteiger partial charge in [0.2, 0.25) is 0 Å². The number of nitrogens with zero attached hydrogens (tertiary/aromatic N) is 4. The number of benzene rings is 2. The maximum atomic E-state index is 13.2. The molecule has 2 saturated heterocycles. The lowest BCUT2D eigenvalue weighted by molar-refractivity contribution is -0.274. The normalized spacial score (nSPS) is 19.5. The van der Waals surface area contributed by atoms with Crippen LogP contribution in [0.3, 0.4) is 0 Å². The van der Waals surface area contributed by atoms with Gasteiger partial charge in [0.25, 0.3) is 0 Å². The lowest BCUT2D eigenvalue weighted by Gasteiger charge is -2.39. The van der Waals surface area contributed by atoms with Crippen LogP contribution in [0.2, 0.25) is 0 Å². The van der Waals surface area contributed by atoms with E-state index in [2.05, 4.69) is 25.2 Å². The molecule has 0 radical (unpaired) electrons. The SMILES string of the molecule is COc1ccc(N(C(=S)NCCC2CCN(CC3CCCCC3)CC2)N(C(=S)NCCC2CCN(CC3CCCCC3)CC2)c2ccc(OC(F)(F)F)cc2)cc1OC. The number of hydrazine groups is 1. The summed E-state index contributed by atoms with van der Waals surface area (Å²) in [6, 6.07) is 11.2. The second-order valence-electron chi connectivity index (χ2n) is 17.2. The summed E-state index contributed by atoms with van der Waals surface area (Å²) in [5.74, 6) is 3.62. The maximum Gasteiger partial charge on any atom is 0.573 e. The summed E-state index contributed by atoms with van der Waals surface area (Å²) in [6.07, 6.45) is 15.6. The Labute approximate surface area is 361 Å². The van der Waals surface area contributed by atoms with Gasteiger partial charge in [-0.15, -0.1) is 13.2 Å². The molecule has 6 rings (SSSR count). The smallest absolute Gasteiger partial charge is 0.493 e. The van der Waals surface area contributed by atoms with Crippen LogP contribution < -0.4 is 34.9 Å². The summed E-state index contributed by atoms with van der Waals surface area (Å²) in [6.45, 7) is 8.35. The van der Waals surface area contributed by atoms with Crippen molar-refractivity contribution < 1.29 is 27.4 Å². The standard InChI is InChI=1S/C45H67F3N6O3S2/c1-55-41-18-15-39(31-42(41)56-2)54(44(59)50-26-20-35-23-29-52(30-24-35)33-37-11-7-4-8-12-37)53(38-13-16-40(17-14-38)57-45(46,47)48)43(58)49-25-19-34-21-27-51(28-22-34)32-36-9-5-3-6-10-36/h13-18,31,34-37H,3-12,19-30,32-33H2,1-2H3,(H,49,58)(H,50,59). The van der Waals surface area contributed by atoms with Crippen molar-refractivity contribution in [3.8, 4) is 17.2 Å². The maximum absolute atomic E-state index is 13.2. The molecule has 2 aliphatic heterocycles. The van der Waals surface area contributed by atoms with E-state index >= 15 is 0 Å². The van der Waals surface area contributed by atoms with Crippen LogP contribution in [0.25, 0.3) is 0 Å². The quantitative estimate of drug-likeness (QED) is 0.133. The monoisotopic (exact) mass is 860 g/mol. The minimum atomic E-state index is -4.81. The molecule has 0 atom stereocenters. The predicted octanol–water partition coefficient (Wildman–Crippen LogP) is 9.94. The lowest BCUT2D eigenvalue weighted by atomic mass is 9.87. The van der Waals surface area contributed by atoms with Crippen LogP contribution >= 0.6 is 24.4 Å². The number of piperidine rings is 2. The zero-order valence-corrected chi connectivity index (χ0v) is 36.9. The summed E-state index contributed by atoms with van der Waals surface area (Å²) in [5, 5.41) is 11.3. The van der Waals surface area contributed by atoms with E-state index in [9.17, 15) is 13.2 Å². The van der Waals surface area contributed by atoms with Crippen LogP contribution in [0.15, 0.2) is 42.5 Å². The molecule has 2 heterocycles. The van der Waals surface area contributed by atoms with E-state index in [-0.39, 0.29) is 5.75 Å². The van der Waals surface area contributed by atoms with Crippen molar-refractivity contribution in [2.75, 3.05) is 76.6 Å². The van der Waals surface area contributed by atoms with Crippen molar-refractivity contribution in [2.45, 2.75) is 109 Å². The number of nitrogens with one attached hydrogen (secondary N) is 2. The number of anilines is 2. The second kappa shape index (κ2) is 22.7. The Hall–Kier alpha value is -3.07. The van der Waals surface area contributed by atoms with E-state index < -0.39 is 6.36 Å². The molecule has 2 aliphatic carbocycles. The number of halogens is 3. The Bertz CT molecular complexity index is 1590. The largest absolute Gasteiger partial charge is 0.573 e. The first kappa shape index (κ1) is 45.5. The third-order valence-electron chi connectivity index (χ3n) is 13.1. The van der Waals surface area contributed by atoms with Gasteiger partial charge in [-0.1, -0.05) is 38.5 Å². The van der Waals surface area contributed by atoms with Gasteiger partial charge in [-0.05, 0) is 175 Å². The highest BCUT2D eigenvalue weighted by Gasteiger charge is 2.32. The van der Waals surface area contributed by atoms with Crippen LogP contribution in [-0.2, 0) is 0 Å². The Morgan fingerprint density at radius 2 is 1.05 bits per heavy atom. The molecular formula is C45H67F3N6O3S2. The van der Waals surface area contributed by atoms with E-state index in [1.807, 2.05) is 12.1 Å². The van der Waals surface area contributed by atoms with Crippen molar-refractivity contribution in [3.63, 3.8) is 0 Å². The van der Waals surface area contributed by atoms with Gasteiger partial charge in [0.1, 0.15) is 5.75 Å². The fourth-order valence-corrected chi connectivity index (χ4v) is 10.3. The van der Waals surface area contributed by atoms with Crippen molar-refractivity contribution in [1.29, 1.82) is 0 Å². The highest BCUT2D eigenvalue weighted by molar-refractivity contribution is 7.81. The molecule has 328 valence electrons. The average molecular weight is 861 g/mol. The first-order valence-electron chi connectivity index (χ1n) is 22.3. The van der Waals surface area contributed by atoms with Crippen LogP contribution in [0.4, 0.5) is 24.5 Å². The molecule has 4 aliphatic rings.